The summed E-state index contributed by atoms with van der Waals surface area (Å²) in [5.41, 5.74) is 3.50. The van der Waals surface area contributed by atoms with E-state index in [1.165, 1.54) is 22.2 Å². The lowest BCUT2D eigenvalue weighted by Crippen LogP contribution is -2.48. The number of hydrogen-bond donors (Lipinski definition) is 1. The molecular weight excluding hydrogens is 424 g/mol. The minimum absolute atomic E-state index is 0.0875. The monoisotopic (exact) mass is 450 g/mol. The van der Waals surface area contributed by atoms with E-state index in [1.54, 1.807) is 0 Å². The van der Waals surface area contributed by atoms with Crippen LogP contribution in [-0.4, -0.2) is 70.2 Å². The second kappa shape index (κ2) is 7.65. The van der Waals surface area contributed by atoms with Crippen molar-refractivity contribution in [2.24, 2.45) is 5.92 Å². The lowest BCUT2D eigenvalue weighted by Gasteiger charge is -2.38. The van der Waals surface area contributed by atoms with Gasteiger partial charge in [-0.3, -0.25) is 14.7 Å². The number of likely N-dealkylation sites (tertiary alicyclic amines) is 1. The van der Waals surface area contributed by atoms with E-state index in [0.29, 0.717) is 18.3 Å². The SMILES string of the molecule is Cc1nccc2c1CC(CN1CCC3(CC1)CN(c1cnc4c(n1)NC(=O)CO4)C(=O)O3)C2. The second-order valence-electron chi connectivity index (χ2n) is 9.46. The number of carbonyl (C=O) groups is 2. The normalized spacial score (nSPS) is 23.7. The van der Waals surface area contributed by atoms with Crippen LogP contribution >= 0.6 is 0 Å². The van der Waals surface area contributed by atoms with Crippen molar-refractivity contribution < 1.29 is 19.1 Å². The predicted molar refractivity (Wildman–Crippen MR) is 118 cm³/mol. The molecule has 1 N–H and O–H groups in total. The smallest absolute Gasteiger partial charge is 0.416 e. The van der Waals surface area contributed by atoms with Crippen LogP contribution in [0.5, 0.6) is 5.88 Å². The fourth-order valence-electron chi connectivity index (χ4n) is 5.48. The second-order valence-corrected chi connectivity index (χ2v) is 9.46. The summed E-state index contributed by atoms with van der Waals surface area (Å²) in [6.45, 7) is 5.28. The van der Waals surface area contributed by atoms with Crippen LogP contribution in [0.15, 0.2) is 18.5 Å². The van der Waals surface area contributed by atoms with Crippen molar-refractivity contribution in [3.05, 3.63) is 35.3 Å². The predicted octanol–water partition coefficient (Wildman–Crippen LogP) is 1.72. The largest absolute Gasteiger partial charge is 0.465 e. The molecule has 0 saturated carbocycles. The topological polar surface area (TPSA) is 110 Å². The molecule has 2 fully saturated rings. The summed E-state index contributed by atoms with van der Waals surface area (Å²) in [7, 11) is 0. The number of amides is 2. The first kappa shape index (κ1) is 20.3. The molecule has 10 nitrogen and oxygen atoms in total. The molecule has 10 heteroatoms. The first-order valence-electron chi connectivity index (χ1n) is 11.4. The Morgan fingerprint density at radius 1 is 1.21 bits per heavy atom. The van der Waals surface area contributed by atoms with Crippen molar-refractivity contribution in [2.45, 2.75) is 38.2 Å². The number of ether oxygens (including phenoxy) is 2. The summed E-state index contributed by atoms with van der Waals surface area (Å²) < 4.78 is 11.1. The van der Waals surface area contributed by atoms with Gasteiger partial charge in [0.25, 0.3) is 11.8 Å². The maximum absolute atomic E-state index is 12.7. The number of nitrogens with zero attached hydrogens (tertiary/aromatic N) is 5. The number of carbonyl (C=O) groups excluding carboxylic acids is 2. The number of nitrogens with one attached hydrogen (secondary N) is 1. The highest BCUT2D eigenvalue weighted by molar-refractivity contribution is 5.94. The Bertz CT molecular complexity index is 1130. The molecule has 0 bridgehead atoms. The summed E-state index contributed by atoms with van der Waals surface area (Å²) >= 11 is 0. The Kier molecular flexibility index (Phi) is 4.72. The van der Waals surface area contributed by atoms with Crippen LogP contribution in [0.25, 0.3) is 0 Å². The average Bonchev–Trinajstić information content (AvgIpc) is 3.36. The van der Waals surface area contributed by atoms with Gasteiger partial charge < -0.3 is 19.7 Å². The van der Waals surface area contributed by atoms with E-state index in [-0.39, 0.29) is 24.2 Å². The summed E-state index contributed by atoms with van der Waals surface area (Å²) in [5.74, 6) is 1.17. The Balaban J connectivity index is 1.08. The van der Waals surface area contributed by atoms with E-state index in [2.05, 4.69) is 38.2 Å². The molecule has 0 aromatic carbocycles. The van der Waals surface area contributed by atoms with E-state index >= 15 is 0 Å². The Hall–Kier alpha value is -3.27. The Morgan fingerprint density at radius 2 is 2.06 bits per heavy atom. The third-order valence-electron chi connectivity index (χ3n) is 7.22. The molecule has 1 spiro atoms. The van der Waals surface area contributed by atoms with Crippen LogP contribution in [-0.2, 0) is 22.4 Å². The van der Waals surface area contributed by atoms with Gasteiger partial charge in [-0.2, -0.15) is 0 Å². The highest BCUT2D eigenvalue weighted by atomic mass is 16.6. The zero-order chi connectivity index (χ0) is 22.6. The fourth-order valence-corrected chi connectivity index (χ4v) is 5.48. The maximum Gasteiger partial charge on any atom is 0.416 e. The third kappa shape index (κ3) is 3.68. The van der Waals surface area contributed by atoms with Crippen LogP contribution in [0, 0.1) is 12.8 Å². The lowest BCUT2D eigenvalue weighted by molar-refractivity contribution is -0.118. The van der Waals surface area contributed by atoms with Gasteiger partial charge in [0.15, 0.2) is 18.2 Å². The summed E-state index contributed by atoms with van der Waals surface area (Å²) in [6, 6.07) is 2.15. The molecule has 1 unspecified atom stereocenters. The van der Waals surface area contributed by atoms with Gasteiger partial charge in [0, 0.05) is 44.4 Å². The van der Waals surface area contributed by atoms with E-state index in [0.717, 1.165) is 51.0 Å². The van der Waals surface area contributed by atoms with Gasteiger partial charge in [0.2, 0.25) is 0 Å². The fraction of sp³-hybridized carbons (Fsp3) is 0.522. The zero-order valence-electron chi connectivity index (χ0n) is 18.5. The number of aryl methyl sites for hydroxylation is 1. The molecule has 172 valence electrons. The van der Waals surface area contributed by atoms with Gasteiger partial charge in [-0.25, -0.2) is 14.8 Å². The maximum atomic E-state index is 12.7. The van der Waals surface area contributed by atoms with Gasteiger partial charge in [0.1, 0.15) is 5.60 Å². The summed E-state index contributed by atoms with van der Waals surface area (Å²) in [4.78, 5) is 41.3. The number of anilines is 2. The number of hydrogen-bond acceptors (Lipinski definition) is 8. The van der Waals surface area contributed by atoms with Crippen LogP contribution in [0.3, 0.4) is 0 Å². The molecule has 4 aliphatic rings. The van der Waals surface area contributed by atoms with Crippen molar-refractivity contribution in [3.63, 3.8) is 0 Å². The molecule has 1 aliphatic carbocycles. The van der Waals surface area contributed by atoms with Gasteiger partial charge in [-0.15, -0.1) is 0 Å². The van der Waals surface area contributed by atoms with Crippen molar-refractivity contribution in [2.75, 3.05) is 43.0 Å². The van der Waals surface area contributed by atoms with Gasteiger partial charge in [0.05, 0.1) is 12.7 Å². The van der Waals surface area contributed by atoms with Gasteiger partial charge >= 0.3 is 6.09 Å². The lowest BCUT2D eigenvalue weighted by atomic mass is 9.90. The van der Waals surface area contributed by atoms with Crippen molar-refractivity contribution in [1.29, 1.82) is 0 Å². The number of fused-ring (bicyclic) bond motifs is 2. The molecule has 0 radical (unpaired) electrons. The number of piperidine rings is 1. The molecule has 33 heavy (non-hydrogen) atoms. The van der Waals surface area contributed by atoms with Gasteiger partial charge in [-0.1, -0.05) is 0 Å². The summed E-state index contributed by atoms with van der Waals surface area (Å²) in [6.07, 6.45) is 6.75. The number of aromatic nitrogens is 3. The first-order valence-corrected chi connectivity index (χ1v) is 11.4. The van der Waals surface area contributed by atoms with Crippen molar-refractivity contribution in [1.82, 2.24) is 19.9 Å². The summed E-state index contributed by atoms with van der Waals surface area (Å²) in [5, 5.41) is 2.63. The molecule has 2 aromatic heterocycles. The minimum Gasteiger partial charge on any atom is -0.465 e. The Morgan fingerprint density at radius 3 is 2.88 bits per heavy atom. The highest BCUT2D eigenvalue weighted by Gasteiger charge is 2.48. The molecule has 2 saturated heterocycles. The molecule has 3 aliphatic heterocycles. The standard InChI is InChI=1S/C23H26N6O4/c1-14-17-9-15(8-16(17)2-5-24-14)11-28-6-3-23(4-7-28)13-29(22(31)33-23)18-10-25-21-20(26-18)27-19(30)12-32-21/h2,5,10,15H,3-4,6-9,11-13H2,1H3,(H,26,27,30). The van der Waals surface area contributed by atoms with E-state index in [4.69, 9.17) is 9.47 Å². The van der Waals surface area contributed by atoms with Crippen LogP contribution in [0.2, 0.25) is 0 Å². The quantitative estimate of drug-likeness (QED) is 0.753. The third-order valence-corrected chi connectivity index (χ3v) is 7.22. The van der Waals surface area contributed by atoms with E-state index < -0.39 is 11.7 Å². The van der Waals surface area contributed by atoms with Crippen molar-refractivity contribution >= 4 is 23.6 Å². The zero-order valence-corrected chi connectivity index (χ0v) is 18.5. The van der Waals surface area contributed by atoms with Crippen LogP contribution in [0.1, 0.15) is 29.7 Å². The average molecular weight is 450 g/mol. The molecule has 1 atom stereocenters. The molecule has 5 heterocycles. The minimum atomic E-state index is -0.510. The Labute approximate surface area is 191 Å². The highest BCUT2D eigenvalue weighted by Crippen LogP contribution is 2.37. The van der Waals surface area contributed by atoms with Crippen LogP contribution in [0.4, 0.5) is 16.4 Å². The molecule has 2 amide bonds. The van der Waals surface area contributed by atoms with Crippen molar-refractivity contribution in [3.8, 4) is 5.88 Å². The first-order chi connectivity index (χ1) is 16.0. The van der Waals surface area contributed by atoms with E-state index in [9.17, 15) is 9.59 Å². The number of pyridine rings is 1. The molecule has 2 aromatic rings. The molecule has 6 rings (SSSR count). The van der Waals surface area contributed by atoms with Gasteiger partial charge in [-0.05, 0) is 42.9 Å². The van der Waals surface area contributed by atoms with E-state index in [1.807, 2.05) is 6.20 Å². The number of rotatable bonds is 3. The molecular formula is C23H26N6O4. The van der Waals surface area contributed by atoms with Crippen LogP contribution < -0.4 is 15.0 Å².